The molecule has 106 valence electrons. The molecule has 8 heteroatoms. The molecule has 0 fully saturated rings. The van der Waals surface area contributed by atoms with E-state index < -0.39 is 38.9 Å². The lowest BCUT2D eigenvalue weighted by molar-refractivity contribution is -0.114. The largest absolute Gasteiger partial charge is 0.321 e. The van der Waals surface area contributed by atoms with Gasteiger partial charge in [0.1, 0.15) is 11.5 Å². The summed E-state index contributed by atoms with van der Waals surface area (Å²) >= 11 is 0. The molecule has 0 aliphatic rings. The van der Waals surface area contributed by atoms with Crippen molar-refractivity contribution in [2.75, 3.05) is 15.8 Å². The molecule has 0 aliphatic carbocycles. The standard InChI is InChI=1S/C11H14F2N2O3S/c1-3-6-19(17,18)15-9-5-4-8(12)11(10(9)13)14-7(2)16/h4-5,15H,3,6H2,1-2H3,(H,14,16). The van der Waals surface area contributed by atoms with Gasteiger partial charge in [-0.15, -0.1) is 0 Å². The highest BCUT2D eigenvalue weighted by Crippen LogP contribution is 2.26. The molecule has 0 saturated heterocycles. The summed E-state index contributed by atoms with van der Waals surface area (Å²) in [7, 11) is -3.69. The Balaban J connectivity index is 3.14. The van der Waals surface area contributed by atoms with E-state index >= 15 is 0 Å². The first-order valence-corrected chi connectivity index (χ1v) is 7.18. The van der Waals surface area contributed by atoms with Gasteiger partial charge < -0.3 is 5.32 Å². The van der Waals surface area contributed by atoms with E-state index in [1.807, 2.05) is 10.0 Å². The average molecular weight is 292 g/mol. The van der Waals surface area contributed by atoms with Crippen LogP contribution >= 0.6 is 0 Å². The monoisotopic (exact) mass is 292 g/mol. The van der Waals surface area contributed by atoms with Crippen molar-refractivity contribution in [1.82, 2.24) is 0 Å². The number of benzene rings is 1. The van der Waals surface area contributed by atoms with Crippen molar-refractivity contribution in [1.29, 1.82) is 0 Å². The second-order valence-corrected chi connectivity index (χ2v) is 5.73. The zero-order valence-corrected chi connectivity index (χ0v) is 11.3. The molecule has 0 saturated carbocycles. The van der Waals surface area contributed by atoms with Crippen molar-refractivity contribution in [2.24, 2.45) is 0 Å². The first kappa shape index (κ1) is 15.4. The van der Waals surface area contributed by atoms with Crippen LogP contribution in [0, 0.1) is 11.6 Å². The summed E-state index contributed by atoms with van der Waals surface area (Å²) in [5, 5.41) is 1.98. The molecule has 2 N–H and O–H groups in total. The molecule has 0 aliphatic heterocycles. The number of carbonyl (C=O) groups excluding carboxylic acids is 1. The molecule has 0 unspecified atom stereocenters. The predicted octanol–water partition coefficient (Wildman–Crippen LogP) is 2.07. The van der Waals surface area contributed by atoms with Gasteiger partial charge in [-0.2, -0.15) is 0 Å². The smallest absolute Gasteiger partial charge is 0.232 e. The third-order valence-electron chi connectivity index (χ3n) is 2.13. The molecule has 0 bridgehead atoms. The molecule has 0 spiro atoms. The third kappa shape index (κ3) is 4.16. The van der Waals surface area contributed by atoms with E-state index in [0.717, 1.165) is 19.1 Å². The minimum Gasteiger partial charge on any atom is -0.321 e. The van der Waals surface area contributed by atoms with E-state index in [0.29, 0.717) is 6.42 Å². The predicted molar refractivity (Wildman–Crippen MR) is 68.4 cm³/mol. The van der Waals surface area contributed by atoms with Gasteiger partial charge in [0.05, 0.1) is 11.4 Å². The summed E-state index contributed by atoms with van der Waals surface area (Å²) in [5.74, 6) is -2.98. The van der Waals surface area contributed by atoms with Gasteiger partial charge in [0.15, 0.2) is 5.82 Å². The van der Waals surface area contributed by atoms with E-state index in [-0.39, 0.29) is 5.75 Å². The Kier molecular flexibility index (Phi) is 4.82. The number of hydrogen-bond donors (Lipinski definition) is 2. The molecule has 1 aromatic carbocycles. The summed E-state index contributed by atoms with van der Waals surface area (Å²) in [5.41, 5.74) is -1.08. The van der Waals surface area contributed by atoms with Gasteiger partial charge in [-0.25, -0.2) is 17.2 Å². The van der Waals surface area contributed by atoms with Crippen LogP contribution in [0.5, 0.6) is 0 Å². The molecular weight excluding hydrogens is 278 g/mol. The summed E-state index contributed by atoms with van der Waals surface area (Å²) < 4.78 is 52.3. The van der Waals surface area contributed by atoms with Gasteiger partial charge in [-0.1, -0.05) is 6.92 Å². The van der Waals surface area contributed by atoms with Crippen LogP contribution in [0.2, 0.25) is 0 Å². The Hall–Kier alpha value is -1.70. The first-order chi connectivity index (χ1) is 8.76. The van der Waals surface area contributed by atoms with Crippen molar-refractivity contribution < 1.29 is 22.0 Å². The zero-order valence-electron chi connectivity index (χ0n) is 10.5. The maximum absolute atomic E-state index is 13.9. The van der Waals surface area contributed by atoms with Gasteiger partial charge >= 0.3 is 0 Å². The van der Waals surface area contributed by atoms with E-state index in [9.17, 15) is 22.0 Å². The fourth-order valence-electron chi connectivity index (χ4n) is 1.41. The highest BCUT2D eigenvalue weighted by atomic mass is 32.2. The van der Waals surface area contributed by atoms with E-state index in [1.54, 1.807) is 6.92 Å². The molecule has 0 radical (unpaired) electrons. The molecule has 1 aromatic rings. The van der Waals surface area contributed by atoms with Gasteiger partial charge in [0, 0.05) is 6.92 Å². The summed E-state index contributed by atoms with van der Waals surface area (Å²) in [6.45, 7) is 2.75. The van der Waals surface area contributed by atoms with Gasteiger partial charge in [0.25, 0.3) is 0 Å². The van der Waals surface area contributed by atoms with E-state index in [2.05, 4.69) is 0 Å². The maximum Gasteiger partial charge on any atom is 0.232 e. The molecule has 0 aromatic heterocycles. The lowest BCUT2D eigenvalue weighted by Crippen LogP contribution is -2.18. The van der Waals surface area contributed by atoms with Crippen molar-refractivity contribution in [3.05, 3.63) is 23.8 Å². The quantitative estimate of drug-likeness (QED) is 0.872. The van der Waals surface area contributed by atoms with Crippen LogP contribution in [0.25, 0.3) is 0 Å². The van der Waals surface area contributed by atoms with Gasteiger partial charge in [0.2, 0.25) is 15.9 Å². The number of amides is 1. The molecule has 0 heterocycles. The number of carbonyl (C=O) groups is 1. The Morgan fingerprint density at radius 2 is 1.95 bits per heavy atom. The number of halogens is 2. The Labute approximate surface area is 110 Å². The minimum absolute atomic E-state index is 0.181. The van der Waals surface area contributed by atoms with Crippen LogP contribution < -0.4 is 10.0 Å². The Bertz CT molecular complexity index is 588. The number of hydrogen-bond acceptors (Lipinski definition) is 3. The fraction of sp³-hybridized carbons (Fsp3) is 0.364. The minimum atomic E-state index is -3.69. The van der Waals surface area contributed by atoms with Crippen molar-refractivity contribution in [3.63, 3.8) is 0 Å². The normalized spacial score (nSPS) is 11.2. The van der Waals surface area contributed by atoms with Crippen molar-refractivity contribution in [2.45, 2.75) is 20.3 Å². The number of sulfonamides is 1. The number of rotatable bonds is 5. The van der Waals surface area contributed by atoms with Crippen LogP contribution in [0.3, 0.4) is 0 Å². The summed E-state index contributed by atoms with van der Waals surface area (Å²) in [4.78, 5) is 10.8. The SMILES string of the molecule is CCCS(=O)(=O)Nc1ccc(F)c(NC(C)=O)c1F. The molecule has 1 rings (SSSR count). The molecule has 0 atom stereocenters. The van der Waals surface area contributed by atoms with Crippen LogP contribution in [0.15, 0.2) is 12.1 Å². The lowest BCUT2D eigenvalue weighted by atomic mass is 10.2. The fourth-order valence-corrected chi connectivity index (χ4v) is 2.54. The maximum atomic E-state index is 13.9. The first-order valence-electron chi connectivity index (χ1n) is 5.53. The highest BCUT2D eigenvalue weighted by Gasteiger charge is 2.18. The summed E-state index contributed by atoms with van der Waals surface area (Å²) in [6, 6.07) is 1.83. The number of nitrogens with one attached hydrogen (secondary N) is 2. The third-order valence-corrected chi connectivity index (χ3v) is 3.61. The van der Waals surface area contributed by atoms with Crippen molar-refractivity contribution >= 4 is 27.3 Å². The van der Waals surface area contributed by atoms with Gasteiger partial charge in [-0.05, 0) is 18.6 Å². The Morgan fingerprint density at radius 3 is 2.47 bits per heavy atom. The van der Waals surface area contributed by atoms with E-state index in [1.165, 1.54) is 0 Å². The van der Waals surface area contributed by atoms with E-state index in [4.69, 9.17) is 0 Å². The van der Waals surface area contributed by atoms with Crippen molar-refractivity contribution in [3.8, 4) is 0 Å². The highest BCUT2D eigenvalue weighted by molar-refractivity contribution is 7.92. The molecular formula is C11H14F2N2O3S. The number of anilines is 2. The zero-order chi connectivity index (χ0) is 14.6. The average Bonchev–Trinajstić information content (AvgIpc) is 2.28. The second kappa shape index (κ2) is 5.96. The summed E-state index contributed by atoms with van der Waals surface area (Å²) in [6.07, 6.45) is 0.358. The van der Waals surface area contributed by atoms with Crippen LogP contribution in [0.4, 0.5) is 20.2 Å². The Morgan fingerprint density at radius 1 is 1.32 bits per heavy atom. The second-order valence-electron chi connectivity index (χ2n) is 3.89. The molecule has 19 heavy (non-hydrogen) atoms. The van der Waals surface area contributed by atoms with Gasteiger partial charge in [-0.3, -0.25) is 9.52 Å². The van der Waals surface area contributed by atoms with Crippen LogP contribution in [-0.4, -0.2) is 20.1 Å². The topological polar surface area (TPSA) is 75.3 Å². The lowest BCUT2D eigenvalue weighted by Gasteiger charge is -2.12. The molecule has 1 amide bonds. The van der Waals surface area contributed by atoms with Crippen LogP contribution in [-0.2, 0) is 14.8 Å². The molecule has 5 nitrogen and oxygen atoms in total. The van der Waals surface area contributed by atoms with Crippen LogP contribution in [0.1, 0.15) is 20.3 Å².